The number of hydrogen-bond acceptors (Lipinski definition) is 2. The zero-order valence-electron chi connectivity index (χ0n) is 11.5. The number of ether oxygens (including phenoxy) is 1. The van der Waals surface area contributed by atoms with Crippen molar-refractivity contribution in [2.45, 2.75) is 6.18 Å². The molecule has 0 atom stereocenters. The topological polar surface area (TPSA) is 57.9 Å². The number of fused-ring (bicyclic) bond motifs is 1. The van der Waals surface area contributed by atoms with Crippen LogP contribution in [-0.4, -0.2) is 22.8 Å². The lowest BCUT2D eigenvalue weighted by Gasteiger charge is -2.14. The van der Waals surface area contributed by atoms with E-state index >= 15 is 0 Å². The third-order valence-electron chi connectivity index (χ3n) is 3.17. The van der Waals surface area contributed by atoms with Crippen LogP contribution in [0.1, 0.15) is 0 Å². The Hall–Kier alpha value is -2.41. The van der Waals surface area contributed by atoms with Crippen LogP contribution in [0, 0.1) is 0 Å². The molecule has 1 aromatic heterocycles. The summed E-state index contributed by atoms with van der Waals surface area (Å²) in [7, 11) is 0. The molecular weight excluding hydrogens is 333 g/mol. The second kappa shape index (κ2) is 5.66. The van der Waals surface area contributed by atoms with Gasteiger partial charge >= 0.3 is 11.9 Å². The summed E-state index contributed by atoms with van der Waals surface area (Å²) in [6, 6.07) is 9.38. The van der Waals surface area contributed by atoms with E-state index in [0.717, 1.165) is 0 Å². The first kappa shape index (κ1) is 15.5. The maximum atomic E-state index is 12.4. The molecule has 2 aromatic carbocycles. The molecule has 120 valence electrons. The minimum Gasteiger partial charge on any atom is -0.483 e. The molecule has 0 saturated heterocycles. The van der Waals surface area contributed by atoms with Crippen molar-refractivity contribution >= 4 is 22.6 Å². The summed E-state index contributed by atoms with van der Waals surface area (Å²) in [6.07, 6.45) is -4.45. The zero-order valence-corrected chi connectivity index (χ0v) is 12.3. The van der Waals surface area contributed by atoms with E-state index in [1.54, 1.807) is 24.3 Å². The third kappa shape index (κ3) is 3.34. The Kier molecular flexibility index (Phi) is 3.81. The molecule has 0 bridgehead atoms. The average Bonchev–Trinajstić information content (AvgIpc) is 2.83. The Balaban J connectivity index is 2.07. The van der Waals surface area contributed by atoms with E-state index in [9.17, 15) is 18.0 Å². The molecule has 0 amide bonds. The molecule has 0 spiro atoms. The van der Waals surface area contributed by atoms with E-state index in [4.69, 9.17) is 16.3 Å². The summed E-state index contributed by atoms with van der Waals surface area (Å²) in [4.78, 5) is 16.5. The van der Waals surface area contributed by atoms with E-state index in [-0.39, 0.29) is 16.5 Å². The minimum atomic E-state index is -4.45. The number of alkyl halides is 3. The van der Waals surface area contributed by atoms with Crippen molar-refractivity contribution in [3.8, 4) is 16.9 Å². The fourth-order valence-corrected chi connectivity index (χ4v) is 2.53. The van der Waals surface area contributed by atoms with Crippen LogP contribution in [0.15, 0.2) is 41.2 Å². The summed E-state index contributed by atoms with van der Waals surface area (Å²) in [5.74, 6) is 0.0204. The van der Waals surface area contributed by atoms with Gasteiger partial charge in [-0.3, -0.25) is 0 Å². The number of aromatic nitrogens is 2. The predicted octanol–water partition coefficient (Wildman–Crippen LogP) is 4.12. The fraction of sp³-hybridized carbons (Fsp3) is 0.133. The number of benzene rings is 2. The van der Waals surface area contributed by atoms with Gasteiger partial charge in [0.05, 0.1) is 16.1 Å². The number of aromatic amines is 2. The van der Waals surface area contributed by atoms with Gasteiger partial charge in [-0.1, -0.05) is 23.7 Å². The van der Waals surface area contributed by atoms with Gasteiger partial charge in [-0.2, -0.15) is 13.2 Å². The van der Waals surface area contributed by atoms with Gasteiger partial charge in [0.25, 0.3) is 0 Å². The lowest BCUT2D eigenvalue weighted by molar-refractivity contribution is -0.153. The first-order valence-electron chi connectivity index (χ1n) is 6.54. The van der Waals surface area contributed by atoms with Crippen LogP contribution in [-0.2, 0) is 0 Å². The highest BCUT2D eigenvalue weighted by Gasteiger charge is 2.29. The van der Waals surface area contributed by atoms with Crippen LogP contribution in [0.4, 0.5) is 13.2 Å². The summed E-state index contributed by atoms with van der Waals surface area (Å²) in [5.41, 5.74) is 1.61. The highest BCUT2D eigenvalue weighted by atomic mass is 35.5. The van der Waals surface area contributed by atoms with Gasteiger partial charge in [-0.15, -0.1) is 0 Å². The summed E-state index contributed by atoms with van der Waals surface area (Å²) < 4.78 is 42.0. The monoisotopic (exact) mass is 342 g/mol. The van der Waals surface area contributed by atoms with Crippen molar-refractivity contribution in [1.82, 2.24) is 9.97 Å². The van der Waals surface area contributed by atoms with E-state index in [1.165, 1.54) is 12.1 Å². The molecule has 0 fully saturated rings. The average molecular weight is 343 g/mol. The number of imidazole rings is 1. The van der Waals surface area contributed by atoms with Crippen LogP contribution >= 0.6 is 11.6 Å². The maximum absolute atomic E-state index is 12.4. The van der Waals surface area contributed by atoms with Crippen molar-refractivity contribution in [3.63, 3.8) is 0 Å². The first-order chi connectivity index (χ1) is 10.8. The molecule has 1 heterocycles. The molecule has 0 radical (unpaired) electrons. The SMILES string of the molecule is O=c1[nH]c2ccc(-c3c(Cl)cccc3OCC(F)(F)F)cc2[nH]1. The highest BCUT2D eigenvalue weighted by molar-refractivity contribution is 6.33. The molecule has 2 N–H and O–H groups in total. The Morgan fingerprint density at radius 3 is 2.57 bits per heavy atom. The van der Waals surface area contributed by atoms with E-state index < -0.39 is 12.8 Å². The smallest absolute Gasteiger partial charge is 0.422 e. The molecule has 23 heavy (non-hydrogen) atoms. The molecule has 3 aromatic rings. The van der Waals surface area contributed by atoms with Gasteiger partial charge in [-0.05, 0) is 29.8 Å². The number of rotatable bonds is 3. The summed E-state index contributed by atoms with van der Waals surface area (Å²) in [6.45, 7) is -1.41. The third-order valence-corrected chi connectivity index (χ3v) is 3.49. The molecule has 3 rings (SSSR count). The van der Waals surface area contributed by atoms with Gasteiger partial charge in [-0.25, -0.2) is 4.79 Å². The van der Waals surface area contributed by atoms with Gasteiger partial charge in [0.15, 0.2) is 6.61 Å². The summed E-state index contributed by atoms with van der Waals surface area (Å²) >= 11 is 6.13. The normalized spacial score (nSPS) is 11.8. The standard InChI is InChI=1S/C15H10ClF3N2O2/c16-9-2-1-3-12(23-7-15(17,18)19)13(9)8-4-5-10-11(6-8)21-14(22)20-10/h1-6H,7H2,(H2,20,21,22). The highest BCUT2D eigenvalue weighted by Crippen LogP contribution is 2.37. The van der Waals surface area contributed by atoms with Crippen LogP contribution < -0.4 is 10.4 Å². The van der Waals surface area contributed by atoms with Gasteiger partial charge in [0.1, 0.15) is 5.75 Å². The first-order valence-corrected chi connectivity index (χ1v) is 6.92. The molecular formula is C15H10ClF3N2O2. The van der Waals surface area contributed by atoms with Gasteiger partial charge in [0, 0.05) is 5.56 Å². The number of halogens is 4. The molecule has 0 aliphatic heterocycles. The molecule has 0 aliphatic rings. The Morgan fingerprint density at radius 1 is 1.09 bits per heavy atom. The minimum absolute atomic E-state index is 0.0204. The van der Waals surface area contributed by atoms with Crippen LogP contribution in [0.25, 0.3) is 22.2 Å². The van der Waals surface area contributed by atoms with Gasteiger partial charge < -0.3 is 14.7 Å². The van der Waals surface area contributed by atoms with Crippen molar-refractivity contribution in [3.05, 3.63) is 51.9 Å². The Bertz CT molecular complexity index is 915. The maximum Gasteiger partial charge on any atom is 0.422 e. The summed E-state index contributed by atoms with van der Waals surface area (Å²) in [5, 5.41) is 0.252. The molecule has 0 aliphatic carbocycles. The van der Waals surface area contributed by atoms with Crippen LogP contribution in [0.2, 0.25) is 5.02 Å². The number of nitrogens with one attached hydrogen (secondary N) is 2. The second-order valence-electron chi connectivity index (χ2n) is 4.86. The van der Waals surface area contributed by atoms with Crippen LogP contribution in [0.5, 0.6) is 5.75 Å². The molecule has 4 nitrogen and oxygen atoms in total. The van der Waals surface area contributed by atoms with E-state index in [0.29, 0.717) is 22.2 Å². The Labute approximate surface area is 132 Å². The lowest BCUT2D eigenvalue weighted by Crippen LogP contribution is -2.19. The molecule has 0 saturated carbocycles. The molecule has 0 unspecified atom stereocenters. The fourth-order valence-electron chi connectivity index (χ4n) is 2.25. The van der Waals surface area contributed by atoms with Crippen molar-refractivity contribution in [1.29, 1.82) is 0 Å². The van der Waals surface area contributed by atoms with Crippen molar-refractivity contribution < 1.29 is 17.9 Å². The van der Waals surface area contributed by atoms with E-state index in [2.05, 4.69) is 9.97 Å². The van der Waals surface area contributed by atoms with Crippen LogP contribution in [0.3, 0.4) is 0 Å². The lowest BCUT2D eigenvalue weighted by atomic mass is 10.0. The van der Waals surface area contributed by atoms with Crippen molar-refractivity contribution in [2.24, 2.45) is 0 Å². The second-order valence-corrected chi connectivity index (χ2v) is 5.26. The number of hydrogen-bond donors (Lipinski definition) is 2. The van der Waals surface area contributed by atoms with Crippen molar-refractivity contribution in [2.75, 3.05) is 6.61 Å². The van der Waals surface area contributed by atoms with Gasteiger partial charge in [0.2, 0.25) is 0 Å². The quantitative estimate of drug-likeness (QED) is 0.752. The largest absolute Gasteiger partial charge is 0.483 e. The Morgan fingerprint density at radius 2 is 1.83 bits per heavy atom. The predicted molar refractivity (Wildman–Crippen MR) is 80.9 cm³/mol. The van der Waals surface area contributed by atoms with E-state index in [1.807, 2.05) is 0 Å². The number of H-pyrrole nitrogens is 2. The zero-order chi connectivity index (χ0) is 16.6. The molecule has 8 heteroatoms.